The minimum atomic E-state index is 0.433. The lowest BCUT2D eigenvalue weighted by Crippen LogP contribution is -2.28. The summed E-state index contributed by atoms with van der Waals surface area (Å²) in [5.74, 6) is 1.50. The van der Waals surface area contributed by atoms with E-state index in [0.29, 0.717) is 12.0 Å². The smallest absolute Gasteiger partial charge is 0.0252 e. The van der Waals surface area contributed by atoms with Crippen LogP contribution in [0.2, 0.25) is 0 Å². The van der Waals surface area contributed by atoms with Crippen LogP contribution in [0.1, 0.15) is 25.7 Å². The third kappa shape index (κ3) is 2.15. The Morgan fingerprint density at radius 3 is 2.67 bits per heavy atom. The Kier molecular flexibility index (Phi) is 2.80. The molecule has 1 aliphatic carbocycles. The highest BCUT2D eigenvalue weighted by atomic mass is 35.5. The monoisotopic (exact) mass is 147 g/mol. The molecule has 2 atom stereocenters. The first-order chi connectivity index (χ1) is 4.33. The van der Waals surface area contributed by atoms with Crippen molar-refractivity contribution in [1.82, 2.24) is 0 Å². The standard InChI is InChI=1S/C7H14ClN/c8-5-6-2-1-3-7(9)4-6/h6-7H,1-5,9H2. The number of halogens is 1. The van der Waals surface area contributed by atoms with Crippen LogP contribution in [0.4, 0.5) is 0 Å². The van der Waals surface area contributed by atoms with Crippen LogP contribution in [-0.4, -0.2) is 11.9 Å². The topological polar surface area (TPSA) is 26.0 Å². The maximum atomic E-state index is 5.74. The first-order valence-corrected chi connectivity index (χ1v) is 4.18. The first kappa shape index (κ1) is 7.36. The lowest BCUT2D eigenvalue weighted by Gasteiger charge is -2.24. The molecule has 9 heavy (non-hydrogen) atoms. The molecular weight excluding hydrogens is 134 g/mol. The molecule has 0 heterocycles. The zero-order chi connectivity index (χ0) is 6.69. The Bertz CT molecular complexity index is 85.0. The third-order valence-corrected chi connectivity index (χ3v) is 2.48. The van der Waals surface area contributed by atoms with Gasteiger partial charge in [0.15, 0.2) is 0 Å². The average Bonchev–Trinajstić information content (AvgIpc) is 1.88. The fourth-order valence-electron chi connectivity index (χ4n) is 1.47. The molecule has 0 aliphatic heterocycles. The van der Waals surface area contributed by atoms with Gasteiger partial charge in [-0.2, -0.15) is 0 Å². The lowest BCUT2D eigenvalue weighted by atomic mass is 9.87. The molecule has 1 nitrogen and oxygen atoms in total. The highest BCUT2D eigenvalue weighted by Gasteiger charge is 2.17. The van der Waals surface area contributed by atoms with Crippen molar-refractivity contribution >= 4 is 11.6 Å². The van der Waals surface area contributed by atoms with Crippen molar-refractivity contribution < 1.29 is 0 Å². The van der Waals surface area contributed by atoms with Crippen LogP contribution in [0.25, 0.3) is 0 Å². The maximum Gasteiger partial charge on any atom is 0.0252 e. The maximum absolute atomic E-state index is 5.74. The fourth-order valence-corrected chi connectivity index (χ4v) is 1.75. The van der Waals surface area contributed by atoms with Crippen molar-refractivity contribution in [2.24, 2.45) is 11.7 Å². The molecule has 0 bridgehead atoms. The molecule has 2 heteroatoms. The lowest BCUT2D eigenvalue weighted by molar-refractivity contribution is 0.347. The third-order valence-electron chi connectivity index (χ3n) is 2.04. The zero-order valence-electron chi connectivity index (χ0n) is 5.65. The summed E-state index contributed by atoms with van der Waals surface area (Å²) in [4.78, 5) is 0. The average molecular weight is 148 g/mol. The fraction of sp³-hybridized carbons (Fsp3) is 1.00. The van der Waals surface area contributed by atoms with E-state index in [1.807, 2.05) is 0 Å². The van der Waals surface area contributed by atoms with Crippen molar-refractivity contribution in [3.05, 3.63) is 0 Å². The van der Waals surface area contributed by atoms with E-state index in [9.17, 15) is 0 Å². The van der Waals surface area contributed by atoms with E-state index in [1.54, 1.807) is 0 Å². The number of hydrogen-bond donors (Lipinski definition) is 1. The minimum absolute atomic E-state index is 0.433. The van der Waals surface area contributed by atoms with Crippen molar-refractivity contribution in [2.45, 2.75) is 31.7 Å². The molecule has 1 aliphatic rings. The normalized spacial score (nSPS) is 36.7. The Morgan fingerprint density at radius 1 is 1.44 bits per heavy atom. The van der Waals surface area contributed by atoms with Crippen molar-refractivity contribution in [2.75, 3.05) is 5.88 Å². The van der Waals surface area contributed by atoms with Gasteiger partial charge in [-0.05, 0) is 25.2 Å². The van der Waals surface area contributed by atoms with Crippen LogP contribution in [0.15, 0.2) is 0 Å². The van der Waals surface area contributed by atoms with E-state index in [0.717, 1.165) is 12.3 Å². The van der Waals surface area contributed by atoms with Gasteiger partial charge in [-0.1, -0.05) is 6.42 Å². The second kappa shape index (κ2) is 3.43. The van der Waals surface area contributed by atoms with Crippen LogP contribution in [0, 0.1) is 5.92 Å². The van der Waals surface area contributed by atoms with Gasteiger partial charge in [-0.25, -0.2) is 0 Å². The van der Waals surface area contributed by atoms with Gasteiger partial charge >= 0.3 is 0 Å². The van der Waals surface area contributed by atoms with Crippen LogP contribution in [0.3, 0.4) is 0 Å². The first-order valence-electron chi connectivity index (χ1n) is 3.64. The molecular formula is C7H14ClN. The molecule has 54 valence electrons. The summed E-state index contributed by atoms with van der Waals surface area (Å²) in [6, 6.07) is 0.433. The summed E-state index contributed by atoms with van der Waals surface area (Å²) in [6.07, 6.45) is 4.91. The van der Waals surface area contributed by atoms with Crippen LogP contribution in [0.5, 0.6) is 0 Å². The van der Waals surface area contributed by atoms with E-state index >= 15 is 0 Å². The van der Waals surface area contributed by atoms with E-state index in [4.69, 9.17) is 17.3 Å². The second-order valence-corrected chi connectivity index (χ2v) is 3.26. The molecule has 2 N–H and O–H groups in total. The van der Waals surface area contributed by atoms with E-state index in [2.05, 4.69) is 0 Å². The van der Waals surface area contributed by atoms with Crippen molar-refractivity contribution in [1.29, 1.82) is 0 Å². The second-order valence-electron chi connectivity index (χ2n) is 2.95. The molecule has 0 saturated heterocycles. The number of alkyl halides is 1. The van der Waals surface area contributed by atoms with Gasteiger partial charge in [0.2, 0.25) is 0 Å². The number of nitrogens with two attached hydrogens (primary N) is 1. The van der Waals surface area contributed by atoms with E-state index < -0.39 is 0 Å². The van der Waals surface area contributed by atoms with Crippen molar-refractivity contribution in [3.63, 3.8) is 0 Å². The summed E-state index contributed by atoms with van der Waals surface area (Å²) >= 11 is 5.69. The molecule has 0 spiro atoms. The van der Waals surface area contributed by atoms with Gasteiger partial charge in [0.25, 0.3) is 0 Å². The summed E-state index contributed by atoms with van der Waals surface area (Å²) in [5.41, 5.74) is 5.74. The minimum Gasteiger partial charge on any atom is -0.328 e. The quantitative estimate of drug-likeness (QED) is 0.562. The molecule has 1 rings (SSSR count). The Hall–Kier alpha value is 0.250. The highest BCUT2D eigenvalue weighted by Crippen LogP contribution is 2.23. The Labute approximate surface area is 61.6 Å². The predicted octanol–water partition coefficient (Wildman–Crippen LogP) is 1.74. The van der Waals surface area contributed by atoms with Gasteiger partial charge in [0, 0.05) is 11.9 Å². The van der Waals surface area contributed by atoms with Crippen LogP contribution < -0.4 is 5.73 Å². The largest absolute Gasteiger partial charge is 0.328 e. The van der Waals surface area contributed by atoms with Gasteiger partial charge in [-0.3, -0.25) is 0 Å². The van der Waals surface area contributed by atoms with E-state index in [-0.39, 0.29) is 0 Å². The van der Waals surface area contributed by atoms with Gasteiger partial charge in [0.05, 0.1) is 0 Å². The number of hydrogen-bond acceptors (Lipinski definition) is 1. The number of rotatable bonds is 1. The van der Waals surface area contributed by atoms with Crippen LogP contribution >= 0.6 is 11.6 Å². The molecule has 1 fully saturated rings. The Balaban J connectivity index is 2.23. The molecule has 0 amide bonds. The summed E-state index contributed by atoms with van der Waals surface area (Å²) in [5, 5.41) is 0. The van der Waals surface area contributed by atoms with E-state index in [1.165, 1.54) is 19.3 Å². The molecule has 0 radical (unpaired) electrons. The summed E-state index contributed by atoms with van der Waals surface area (Å²) in [6.45, 7) is 0. The van der Waals surface area contributed by atoms with Gasteiger partial charge < -0.3 is 5.73 Å². The molecule has 1 saturated carbocycles. The van der Waals surface area contributed by atoms with Gasteiger partial charge in [0.1, 0.15) is 0 Å². The summed E-state index contributed by atoms with van der Waals surface area (Å²) in [7, 11) is 0. The molecule has 0 aromatic carbocycles. The molecule has 0 aromatic heterocycles. The highest BCUT2D eigenvalue weighted by molar-refractivity contribution is 6.18. The summed E-state index contributed by atoms with van der Waals surface area (Å²) < 4.78 is 0. The Morgan fingerprint density at radius 2 is 2.22 bits per heavy atom. The predicted molar refractivity (Wildman–Crippen MR) is 40.7 cm³/mol. The zero-order valence-corrected chi connectivity index (χ0v) is 6.40. The van der Waals surface area contributed by atoms with Gasteiger partial charge in [-0.15, -0.1) is 11.6 Å². The molecule has 2 unspecified atom stereocenters. The SMILES string of the molecule is NC1CCCC(CCl)C1. The van der Waals surface area contributed by atoms with Crippen LogP contribution in [-0.2, 0) is 0 Å². The van der Waals surface area contributed by atoms with Crippen molar-refractivity contribution in [3.8, 4) is 0 Å². The molecule has 0 aromatic rings.